The van der Waals surface area contributed by atoms with Crippen LogP contribution in [0.15, 0.2) is 55.1 Å². The number of nitrogen functional groups attached to an aromatic ring is 1. The molecule has 190 valence electrons. The van der Waals surface area contributed by atoms with Gasteiger partial charge in [0.15, 0.2) is 17.3 Å². The Hall–Kier alpha value is -4.66. The van der Waals surface area contributed by atoms with Crippen LogP contribution in [0.2, 0.25) is 0 Å². The molecule has 2 amide bonds. The SMILES string of the molecule is C=C(C)c1ccc2c(c1)nc(N)c1nc(CCCC)n(Cc3cccc(O)c3O)c12.O=C1C=CC(=O)N1. The second kappa shape index (κ2) is 10.5. The maximum Gasteiger partial charge on any atom is 0.250 e. The first kappa shape index (κ1) is 25.4. The van der Waals surface area contributed by atoms with Crippen LogP contribution in [0.3, 0.4) is 0 Å². The lowest BCUT2D eigenvalue weighted by Gasteiger charge is -2.13. The summed E-state index contributed by atoms with van der Waals surface area (Å²) in [5.74, 6) is 0.364. The summed E-state index contributed by atoms with van der Waals surface area (Å²) in [7, 11) is 0. The van der Waals surface area contributed by atoms with E-state index in [9.17, 15) is 19.8 Å². The van der Waals surface area contributed by atoms with Gasteiger partial charge in [-0.05, 0) is 31.0 Å². The standard InChI is InChI=1S/C24H26N4O2.C4H3NO2/c1-4-5-9-20-27-21-22(28(20)13-16-7-6-8-19(29)23(16)30)17-11-10-15(14(2)3)12-18(17)26-24(21)25;6-3-1-2-4(7)5-3/h6-8,10-12,29-30H,2,4-5,9,13H2,1,3H3,(H2,25,26);1-2H,(H,5,6,7). The number of para-hydroxylation sites is 1. The highest BCUT2D eigenvalue weighted by atomic mass is 16.3. The minimum atomic E-state index is -0.329. The zero-order valence-corrected chi connectivity index (χ0v) is 20.8. The lowest BCUT2D eigenvalue weighted by Crippen LogP contribution is -2.19. The summed E-state index contributed by atoms with van der Waals surface area (Å²) in [6.07, 6.45) is 5.21. The van der Waals surface area contributed by atoms with Gasteiger partial charge in [-0.15, -0.1) is 0 Å². The number of hydrogen-bond acceptors (Lipinski definition) is 7. The number of phenolic OH excluding ortho intramolecular Hbond substituents is 2. The van der Waals surface area contributed by atoms with Crippen molar-refractivity contribution in [2.24, 2.45) is 0 Å². The maximum atomic E-state index is 10.4. The van der Waals surface area contributed by atoms with Crippen LogP contribution in [0.5, 0.6) is 11.5 Å². The van der Waals surface area contributed by atoms with Gasteiger partial charge in [0.05, 0.1) is 17.6 Å². The van der Waals surface area contributed by atoms with Crippen molar-refractivity contribution >= 4 is 45.1 Å². The van der Waals surface area contributed by atoms with E-state index >= 15 is 0 Å². The van der Waals surface area contributed by atoms with Crippen LogP contribution in [0.1, 0.15) is 43.6 Å². The zero-order chi connectivity index (χ0) is 26.7. The lowest BCUT2D eigenvalue weighted by molar-refractivity contribution is -0.123. The fourth-order valence-corrected chi connectivity index (χ4v) is 4.15. The summed E-state index contributed by atoms with van der Waals surface area (Å²) in [6, 6.07) is 11.0. The van der Waals surface area contributed by atoms with E-state index in [1.807, 2.05) is 30.4 Å². The molecule has 0 atom stereocenters. The minimum Gasteiger partial charge on any atom is -0.504 e. The van der Waals surface area contributed by atoms with Gasteiger partial charge >= 0.3 is 0 Å². The number of anilines is 1. The van der Waals surface area contributed by atoms with Gasteiger partial charge < -0.3 is 20.5 Å². The molecule has 0 saturated heterocycles. The highest BCUT2D eigenvalue weighted by molar-refractivity contribution is 6.12. The van der Waals surface area contributed by atoms with Crippen molar-refractivity contribution in [3.8, 4) is 11.5 Å². The van der Waals surface area contributed by atoms with Gasteiger partial charge in [0.1, 0.15) is 11.3 Å². The number of nitrogens with zero attached hydrogens (tertiary/aromatic N) is 3. The second-order valence-electron chi connectivity index (χ2n) is 8.90. The molecule has 2 aromatic carbocycles. The van der Waals surface area contributed by atoms with Crippen molar-refractivity contribution in [1.82, 2.24) is 19.9 Å². The summed E-state index contributed by atoms with van der Waals surface area (Å²) in [5.41, 5.74) is 11.2. The predicted molar refractivity (Wildman–Crippen MR) is 144 cm³/mol. The van der Waals surface area contributed by atoms with Crippen molar-refractivity contribution in [2.75, 3.05) is 5.73 Å². The van der Waals surface area contributed by atoms with E-state index in [1.54, 1.807) is 12.1 Å². The quantitative estimate of drug-likeness (QED) is 0.230. The number of imidazole rings is 1. The minimum absolute atomic E-state index is 0.114. The third kappa shape index (κ3) is 5.30. The molecule has 9 heteroatoms. The van der Waals surface area contributed by atoms with Crippen LogP contribution in [0, 0.1) is 0 Å². The Kier molecular flexibility index (Phi) is 7.24. The molecule has 1 aliphatic heterocycles. The largest absolute Gasteiger partial charge is 0.504 e. The molecule has 9 nitrogen and oxygen atoms in total. The smallest absolute Gasteiger partial charge is 0.250 e. The summed E-state index contributed by atoms with van der Waals surface area (Å²) in [4.78, 5) is 29.5. The third-order valence-corrected chi connectivity index (χ3v) is 6.09. The molecule has 1 aliphatic rings. The molecule has 37 heavy (non-hydrogen) atoms. The Morgan fingerprint density at radius 2 is 1.84 bits per heavy atom. The van der Waals surface area contributed by atoms with Crippen molar-refractivity contribution in [3.63, 3.8) is 0 Å². The number of allylic oxidation sites excluding steroid dienone is 1. The summed E-state index contributed by atoms with van der Waals surface area (Å²) in [6.45, 7) is 8.49. The molecule has 0 aliphatic carbocycles. The van der Waals surface area contributed by atoms with E-state index in [2.05, 4.69) is 23.1 Å². The molecule has 0 bridgehead atoms. The molecule has 0 radical (unpaired) electrons. The highest BCUT2D eigenvalue weighted by Gasteiger charge is 2.19. The molecule has 0 spiro atoms. The molecule has 3 heterocycles. The predicted octanol–water partition coefficient (Wildman–Crippen LogP) is 4.20. The van der Waals surface area contributed by atoms with Crippen LogP contribution in [-0.4, -0.2) is 36.6 Å². The number of benzene rings is 2. The number of fused-ring (bicyclic) bond motifs is 3. The summed E-state index contributed by atoms with van der Waals surface area (Å²) in [5, 5.41) is 23.3. The van der Waals surface area contributed by atoms with Gasteiger partial charge in [0.2, 0.25) is 0 Å². The number of nitrogens with one attached hydrogen (secondary N) is 1. The van der Waals surface area contributed by atoms with Gasteiger partial charge in [0.25, 0.3) is 11.8 Å². The Morgan fingerprint density at radius 1 is 1.11 bits per heavy atom. The van der Waals surface area contributed by atoms with Crippen molar-refractivity contribution in [2.45, 2.75) is 39.7 Å². The van der Waals surface area contributed by atoms with Gasteiger partial charge in [0, 0.05) is 29.5 Å². The molecular formula is C28H29N5O4. The number of aromatic hydroxyl groups is 2. The normalized spacial score (nSPS) is 12.6. The van der Waals surface area contributed by atoms with Crippen LogP contribution in [-0.2, 0) is 22.6 Å². The van der Waals surface area contributed by atoms with E-state index in [0.717, 1.165) is 52.6 Å². The number of nitrogens with two attached hydrogens (primary N) is 1. The number of carbonyl (C=O) groups is 2. The number of rotatable bonds is 6. The Bertz CT molecular complexity index is 1550. The molecule has 2 aromatic heterocycles. The highest BCUT2D eigenvalue weighted by Crippen LogP contribution is 2.34. The number of phenols is 2. The zero-order valence-electron chi connectivity index (χ0n) is 20.8. The Morgan fingerprint density at radius 3 is 2.46 bits per heavy atom. The molecule has 0 saturated carbocycles. The summed E-state index contributed by atoms with van der Waals surface area (Å²) < 4.78 is 2.08. The van der Waals surface area contributed by atoms with Gasteiger partial charge in [-0.3, -0.25) is 14.9 Å². The van der Waals surface area contributed by atoms with Crippen molar-refractivity contribution in [3.05, 3.63) is 72.1 Å². The number of unbranched alkanes of at least 4 members (excludes halogenated alkanes) is 1. The van der Waals surface area contributed by atoms with E-state index < -0.39 is 0 Å². The molecule has 5 N–H and O–H groups in total. The van der Waals surface area contributed by atoms with Crippen molar-refractivity contribution < 1.29 is 19.8 Å². The lowest BCUT2D eigenvalue weighted by atomic mass is 10.1. The van der Waals surface area contributed by atoms with Crippen LogP contribution in [0.25, 0.3) is 27.5 Å². The third-order valence-electron chi connectivity index (χ3n) is 6.09. The second-order valence-corrected chi connectivity index (χ2v) is 8.90. The van der Waals surface area contributed by atoms with E-state index in [4.69, 9.17) is 10.7 Å². The van der Waals surface area contributed by atoms with Crippen LogP contribution >= 0.6 is 0 Å². The van der Waals surface area contributed by atoms with E-state index in [0.29, 0.717) is 23.4 Å². The number of amides is 2. The first-order valence-corrected chi connectivity index (χ1v) is 12.0. The van der Waals surface area contributed by atoms with E-state index in [-0.39, 0.29) is 23.3 Å². The Balaban J connectivity index is 0.000000396. The number of imide groups is 1. The number of carbonyl (C=O) groups excluding carboxylic acids is 2. The molecular weight excluding hydrogens is 470 g/mol. The van der Waals surface area contributed by atoms with Crippen molar-refractivity contribution in [1.29, 1.82) is 0 Å². The van der Waals surface area contributed by atoms with Gasteiger partial charge in [-0.25, -0.2) is 9.97 Å². The van der Waals surface area contributed by atoms with Gasteiger partial charge in [-0.1, -0.05) is 49.8 Å². The molecule has 4 aromatic rings. The first-order valence-electron chi connectivity index (χ1n) is 12.0. The fourth-order valence-electron chi connectivity index (χ4n) is 4.15. The van der Waals surface area contributed by atoms with Gasteiger partial charge in [-0.2, -0.15) is 0 Å². The Labute approximate surface area is 214 Å². The topological polar surface area (TPSA) is 143 Å². The number of hydrogen-bond donors (Lipinski definition) is 4. The monoisotopic (exact) mass is 499 g/mol. The average Bonchev–Trinajstić information content (AvgIpc) is 3.43. The van der Waals surface area contributed by atoms with Crippen LogP contribution in [0.4, 0.5) is 5.82 Å². The maximum absolute atomic E-state index is 10.4. The fraction of sp³-hybridized carbons (Fsp3) is 0.214. The van der Waals surface area contributed by atoms with Crippen LogP contribution < -0.4 is 11.1 Å². The number of aromatic nitrogens is 3. The van der Waals surface area contributed by atoms with E-state index in [1.165, 1.54) is 18.2 Å². The average molecular weight is 500 g/mol. The molecule has 0 fully saturated rings. The number of pyridine rings is 1. The summed E-state index contributed by atoms with van der Waals surface area (Å²) >= 11 is 0. The number of aryl methyl sites for hydroxylation is 1. The molecule has 0 unspecified atom stereocenters. The molecule has 5 rings (SSSR count). The first-order chi connectivity index (χ1) is 17.7.